The number of amides is 1. The normalized spacial score (nSPS) is 10.8. The molecule has 1 amide bonds. The van der Waals surface area contributed by atoms with Crippen LogP contribution in [-0.4, -0.2) is 28.8 Å². The molecule has 0 atom stereocenters. The molecule has 6 heteroatoms. The monoisotopic (exact) mass is 345 g/mol. The molecule has 0 aliphatic carbocycles. The highest BCUT2D eigenvalue weighted by Gasteiger charge is 2.20. The molecule has 128 valence electrons. The van der Waals surface area contributed by atoms with E-state index in [0.717, 1.165) is 10.9 Å². The van der Waals surface area contributed by atoms with Crippen molar-refractivity contribution in [1.29, 1.82) is 0 Å². The standard InChI is InChI=1S/C20H15N3O3/c1-26-17-10-9-12-5-4-8-16(18(12)23-17)22-20(25)19(24)14-11-21-15-7-3-2-6-13(14)15/h2-11,21H,1H3,(H,22,25). The molecule has 0 saturated heterocycles. The van der Waals surface area contributed by atoms with Crippen LogP contribution >= 0.6 is 0 Å². The second-order valence-electron chi connectivity index (χ2n) is 5.76. The van der Waals surface area contributed by atoms with Crippen LogP contribution in [0.25, 0.3) is 21.8 Å². The van der Waals surface area contributed by atoms with Crippen molar-refractivity contribution in [3.05, 3.63) is 66.4 Å². The highest BCUT2D eigenvalue weighted by Crippen LogP contribution is 2.25. The molecule has 4 rings (SSSR count). The van der Waals surface area contributed by atoms with Crippen LogP contribution in [-0.2, 0) is 4.79 Å². The number of ether oxygens (including phenoxy) is 1. The predicted octanol–water partition coefficient (Wildman–Crippen LogP) is 3.55. The predicted molar refractivity (Wildman–Crippen MR) is 99.6 cm³/mol. The van der Waals surface area contributed by atoms with Crippen molar-refractivity contribution >= 4 is 39.2 Å². The first-order chi connectivity index (χ1) is 12.7. The third-order valence-electron chi connectivity index (χ3n) is 4.19. The molecule has 0 fully saturated rings. The van der Waals surface area contributed by atoms with Gasteiger partial charge in [-0.2, -0.15) is 0 Å². The number of aromatic nitrogens is 2. The van der Waals surface area contributed by atoms with Gasteiger partial charge in [-0.05, 0) is 18.2 Å². The Bertz CT molecular complexity index is 1150. The van der Waals surface area contributed by atoms with E-state index in [0.29, 0.717) is 28.0 Å². The van der Waals surface area contributed by atoms with E-state index in [9.17, 15) is 9.59 Å². The van der Waals surface area contributed by atoms with Crippen molar-refractivity contribution in [3.63, 3.8) is 0 Å². The first kappa shape index (κ1) is 15.8. The number of methoxy groups -OCH3 is 1. The van der Waals surface area contributed by atoms with Gasteiger partial charge in [0, 0.05) is 28.6 Å². The lowest BCUT2D eigenvalue weighted by Gasteiger charge is -2.08. The summed E-state index contributed by atoms with van der Waals surface area (Å²) >= 11 is 0. The van der Waals surface area contributed by atoms with Gasteiger partial charge < -0.3 is 15.0 Å². The number of hydrogen-bond donors (Lipinski definition) is 2. The van der Waals surface area contributed by atoms with Gasteiger partial charge in [-0.25, -0.2) is 4.98 Å². The number of pyridine rings is 1. The van der Waals surface area contributed by atoms with Gasteiger partial charge in [0.2, 0.25) is 5.88 Å². The maximum Gasteiger partial charge on any atom is 0.296 e. The average molecular weight is 345 g/mol. The van der Waals surface area contributed by atoms with Crippen LogP contribution in [0.4, 0.5) is 5.69 Å². The van der Waals surface area contributed by atoms with E-state index in [1.54, 1.807) is 30.5 Å². The van der Waals surface area contributed by atoms with Gasteiger partial charge >= 0.3 is 0 Å². The van der Waals surface area contributed by atoms with Gasteiger partial charge in [0.15, 0.2) is 0 Å². The highest BCUT2D eigenvalue weighted by atomic mass is 16.5. The van der Waals surface area contributed by atoms with Crippen molar-refractivity contribution in [2.75, 3.05) is 12.4 Å². The summed E-state index contributed by atoms with van der Waals surface area (Å²) in [7, 11) is 1.52. The van der Waals surface area contributed by atoms with Gasteiger partial charge in [0.25, 0.3) is 11.7 Å². The van der Waals surface area contributed by atoms with E-state index in [4.69, 9.17) is 4.74 Å². The number of Topliss-reactive ketones (excluding diaryl/α,β-unsaturated/α-hetero) is 1. The van der Waals surface area contributed by atoms with Gasteiger partial charge in [0.1, 0.15) is 0 Å². The maximum absolute atomic E-state index is 12.6. The molecular weight excluding hydrogens is 330 g/mol. The quantitative estimate of drug-likeness (QED) is 0.438. The van der Waals surface area contributed by atoms with Gasteiger partial charge in [-0.3, -0.25) is 9.59 Å². The fourth-order valence-corrected chi connectivity index (χ4v) is 2.90. The summed E-state index contributed by atoms with van der Waals surface area (Å²) in [6.45, 7) is 0. The highest BCUT2D eigenvalue weighted by molar-refractivity contribution is 6.48. The van der Waals surface area contributed by atoms with Crippen molar-refractivity contribution in [1.82, 2.24) is 9.97 Å². The molecule has 0 unspecified atom stereocenters. The molecule has 26 heavy (non-hydrogen) atoms. The summed E-state index contributed by atoms with van der Waals surface area (Å²) in [4.78, 5) is 32.5. The summed E-state index contributed by atoms with van der Waals surface area (Å²) < 4.78 is 5.14. The number of benzene rings is 2. The number of para-hydroxylation sites is 2. The minimum atomic E-state index is -0.716. The largest absolute Gasteiger partial charge is 0.481 e. The second kappa shape index (κ2) is 6.33. The van der Waals surface area contributed by atoms with E-state index in [2.05, 4.69) is 15.3 Å². The van der Waals surface area contributed by atoms with Crippen molar-refractivity contribution in [3.8, 4) is 5.88 Å². The Kier molecular flexibility index (Phi) is 3.85. The van der Waals surface area contributed by atoms with Crippen LogP contribution in [0.1, 0.15) is 10.4 Å². The molecule has 2 heterocycles. The van der Waals surface area contributed by atoms with E-state index >= 15 is 0 Å². The van der Waals surface area contributed by atoms with E-state index in [1.807, 2.05) is 30.3 Å². The molecule has 2 aromatic carbocycles. The Balaban J connectivity index is 1.68. The van der Waals surface area contributed by atoms with Gasteiger partial charge in [-0.1, -0.05) is 30.3 Å². The molecule has 0 bridgehead atoms. The number of nitrogens with zero attached hydrogens (tertiary/aromatic N) is 1. The Hall–Kier alpha value is -3.67. The average Bonchev–Trinajstić information content (AvgIpc) is 3.11. The SMILES string of the molecule is COc1ccc2cccc(NC(=O)C(=O)c3c[nH]c4ccccc34)c2n1. The number of carbonyl (C=O) groups excluding carboxylic acids is 2. The lowest BCUT2D eigenvalue weighted by atomic mass is 10.1. The Morgan fingerprint density at radius 1 is 1.04 bits per heavy atom. The minimum absolute atomic E-state index is 0.337. The molecule has 0 aliphatic rings. The van der Waals surface area contributed by atoms with E-state index in [-0.39, 0.29) is 0 Å². The Labute approximate surface area is 148 Å². The van der Waals surface area contributed by atoms with Crippen LogP contribution in [0, 0.1) is 0 Å². The molecule has 0 spiro atoms. The summed E-state index contributed by atoms with van der Waals surface area (Å²) in [6.07, 6.45) is 1.55. The topological polar surface area (TPSA) is 84.1 Å². The number of carbonyl (C=O) groups is 2. The van der Waals surface area contributed by atoms with Crippen LogP contribution in [0.3, 0.4) is 0 Å². The molecular formula is C20H15N3O3. The third-order valence-corrected chi connectivity index (χ3v) is 4.19. The van der Waals surface area contributed by atoms with Gasteiger partial charge in [-0.15, -0.1) is 0 Å². The molecule has 0 radical (unpaired) electrons. The Morgan fingerprint density at radius 2 is 1.88 bits per heavy atom. The summed E-state index contributed by atoms with van der Waals surface area (Å²) in [6, 6.07) is 16.3. The minimum Gasteiger partial charge on any atom is -0.481 e. The maximum atomic E-state index is 12.6. The smallest absolute Gasteiger partial charge is 0.296 e. The fourth-order valence-electron chi connectivity index (χ4n) is 2.90. The number of hydrogen-bond acceptors (Lipinski definition) is 4. The first-order valence-electron chi connectivity index (χ1n) is 8.03. The number of H-pyrrole nitrogens is 1. The number of anilines is 1. The Morgan fingerprint density at radius 3 is 2.73 bits per heavy atom. The molecule has 2 N–H and O–H groups in total. The van der Waals surface area contributed by atoms with Crippen LogP contribution in [0.2, 0.25) is 0 Å². The number of aromatic amines is 1. The van der Waals surface area contributed by atoms with Crippen LogP contribution in [0.5, 0.6) is 5.88 Å². The molecule has 0 aliphatic heterocycles. The van der Waals surface area contributed by atoms with E-state index in [1.165, 1.54) is 7.11 Å². The zero-order valence-corrected chi connectivity index (χ0v) is 13.9. The third kappa shape index (κ3) is 2.67. The lowest BCUT2D eigenvalue weighted by Crippen LogP contribution is -2.22. The zero-order chi connectivity index (χ0) is 18.1. The molecule has 0 saturated carbocycles. The molecule has 4 aromatic rings. The van der Waals surface area contributed by atoms with Gasteiger partial charge in [0.05, 0.1) is 23.9 Å². The fraction of sp³-hybridized carbons (Fsp3) is 0.0500. The molecule has 6 nitrogen and oxygen atoms in total. The number of nitrogens with one attached hydrogen (secondary N) is 2. The zero-order valence-electron chi connectivity index (χ0n) is 13.9. The lowest BCUT2D eigenvalue weighted by molar-refractivity contribution is -0.112. The number of rotatable bonds is 4. The van der Waals surface area contributed by atoms with Crippen molar-refractivity contribution in [2.45, 2.75) is 0 Å². The van der Waals surface area contributed by atoms with Crippen LogP contribution < -0.4 is 10.1 Å². The molecule has 2 aromatic heterocycles. The number of ketones is 1. The summed E-state index contributed by atoms with van der Waals surface area (Å²) in [5.41, 5.74) is 2.16. The first-order valence-corrected chi connectivity index (χ1v) is 8.03. The van der Waals surface area contributed by atoms with Crippen LogP contribution in [0.15, 0.2) is 60.8 Å². The summed E-state index contributed by atoms with van der Waals surface area (Å²) in [5.74, 6) is -0.892. The van der Waals surface area contributed by atoms with Crippen molar-refractivity contribution in [2.24, 2.45) is 0 Å². The van der Waals surface area contributed by atoms with Crippen molar-refractivity contribution < 1.29 is 14.3 Å². The number of fused-ring (bicyclic) bond motifs is 2. The van der Waals surface area contributed by atoms with E-state index < -0.39 is 11.7 Å². The summed E-state index contributed by atoms with van der Waals surface area (Å²) in [5, 5.41) is 4.22. The second-order valence-corrected chi connectivity index (χ2v) is 5.76.